The third-order valence-corrected chi connectivity index (χ3v) is 8.94. The van der Waals surface area contributed by atoms with Crippen LogP contribution in [0.4, 0.5) is 5.69 Å². The highest BCUT2D eigenvalue weighted by Crippen LogP contribution is 2.48. The minimum Gasteiger partial charge on any atom is -0.344 e. The zero-order valence-corrected chi connectivity index (χ0v) is 25.2. The molecule has 2 aromatic carbocycles. The second-order valence-corrected chi connectivity index (χ2v) is 12.9. The minimum absolute atomic E-state index is 0.281. The van der Waals surface area contributed by atoms with E-state index in [2.05, 4.69) is 75.9 Å². The van der Waals surface area contributed by atoms with E-state index in [1.54, 1.807) is 0 Å². The quantitative estimate of drug-likeness (QED) is 0.215. The van der Waals surface area contributed by atoms with Crippen LogP contribution in [-0.4, -0.2) is 29.8 Å². The second kappa shape index (κ2) is 10.7. The molecule has 1 N–H and O–H groups in total. The summed E-state index contributed by atoms with van der Waals surface area (Å²) in [6.07, 6.45) is 6.54. The van der Waals surface area contributed by atoms with Crippen molar-refractivity contribution in [3.8, 4) is 0 Å². The highest BCUT2D eigenvalue weighted by atomic mass is 79.9. The van der Waals surface area contributed by atoms with Crippen LogP contribution in [0.5, 0.6) is 0 Å². The fourth-order valence-electron chi connectivity index (χ4n) is 5.21. The number of aryl methyl sites for hydroxylation is 2. The molecular formula is C27H31BrCl2N3O3S+. The van der Waals surface area contributed by atoms with Gasteiger partial charge in [0.1, 0.15) is 0 Å². The molecule has 0 bridgehead atoms. The molecule has 198 valence electrons. The summed E-state index contributed by atoms with van der Waals surface area (Å²) in [6, 6.07) is 9.98. The predicted molar refractivity (Wildman–Crippen MR) is 156 cm³/mol. The molecule has 1 aliphatic heterocycles. The van der Waals surface area contributed by atoms with Crippen molar-refractivity contribution in [3.63, 3.8) is 0 Å². The Morgan fingerprint density at radius 3 is 2.49 bits per heavy atom. The van der Waals surface area contributed by atoms with Crippen LogP contribution in [0.15, 0.2) is 52.7 Å². The molecule has 0 saturated heterocycles. The average molecular weight is 628 g/mol. The summed E-state index contributed by atoms with van der Waals surface area (Å²) in [4.78, 5) is 2.15. The molecule has 2 heterocycles. The summed E-state index contributed by atoms with van der Waals surface area (Å²) in [5.74, 6) is 0.751. The Bertz CT molecular complexity index is 1480. The maximum Gasteiger partial charge on any atom is 0.282 e. The molecular weight excluding hydrogens is 597 g/mol. The molecule has 0 unspecified atom stereocenters. The molecule has 0 radical (unpaired) electrons. The van der Waals surface area contributed by atoms with Gasteiger partial charge in [-0.05, 0) is 50.1 Å². The van der Waals surface area contributed by atoms with Crippen LogP contribution in [-0.2, 0) is 28.6 Å². The van der Waals surface area contributed by atoms with Crippen molar-refractivity contribution in [1.82, 2.24) is 4.57 Å². The summed E-state index contributed by atoms with van der Waals surface area (Å²) < 4.78 is 37.4. The second-order valence-electron chi connectivity index (χ2n) is 9.59. The van der Waals surface area contributed by atoms with Crippen molar-refractivity contribution in [2.75, 3.05) is 17.2 Å². The number of hydrogen-bond donors (Lipinski definition) is 1. The third-order valence-electron chi connectivity index (χ3n) is 6.92. The Morgan fingerprint density at radius 2 is 1.84 bits per heavy atom. The number of halogens is 3. The van der Waals surface area contributed by atoms with Crippen molar-refractivity contribution in [3.05, 3.63) is 74.1 Å². The highest BCUT2D eigenvalue weighted by Gasteiger charge is 2.39. The van der Waals surface area contributed by atoms with Gasteiger partial charge in [0.2, 0.25) is 0 Å². The Morgan fingerprint density at radius 1 is 1.14 bits per heavy atom. The molecule has 0 saturated carbocycles. The molecule has 0 amide bonds. The summed E-state index contributed by atoms with van der Waals surface area (Å²) >= 11 is 16.3. The van der Waals surface area contributed by atoms with E-state index in [0.29, 0.717) is 23.0 Å². The van der Waals surface area contributed by atoms with Crippen molar-refractivity contribution < 1.29 is 17.5 Å². The van der Waals surface area contributed by atoms with E-state index in [-0.39, 0.29) is 11.2 Å². The van der Waals surface area contributed by atoms with E-state index >= 15 is 0 Å². The number of benzene rings is 2. The number of anilines is 1. The van der Waals surface area contributed by atoms with E-state index in [0.717, 1.165) is 51.4 Å². The third kappa shape index (κ3) is 5.50. The lowest BCUT2D eigenvalue weighted by Crippen LogP contribution is -2.35. The van der Waals surface area contributed by atoms with Gasteiger partial charge in [-0.2, -0.15) is 8.42 Å². The monoisotopic (exact) mass is 626 g/mol. The zero-order chi connectivity index (χ0) is 27.1. The van der Waals surface area contributed by atoms with E-state index in [9.17, 15) is 13.0 Å². The zero-order valence-electron chi connectivity index (χ0n) is 21.3. The largest absolute Gasteiger partial charge is 0.344 e. The lowest BCUT2D eigenvalue weighted by atomic mass is 9.84. The van der Waals surface area contributed by atoms with E-state index < -0.39 is 10.1 Å². The number of aromatic nitrogens is 2. The van der Waals surface area contributed by atoms with Gasteiger partial charge in [0.15, 0.2) is 11.0 Å². The Labute approximate surface area is 237 Å². The van der Waals surface area contributed by atoms with Crippen molar-refractivity contribution in [2.24, 2.45) is 0 Å². The molecule has 1 aromatic heterocycles. The summed E-state index contributed by atoms with van der Waals surface area (Å²) in [6.45, 7) is 10.5. The van der Waals surface area contributed by atoms with Crippen LogP contribution >= 0.6 is 39.1 Å². The summed E-state index contributed by atoms with van der Waals surface area (Å²) in [7, 11) is -4.03. The van der Waals surface area contributed by atoms with E-state index in [1.807, 2.05) is 30.3 Å². The van der Waals surface area contributed by atoms with Crippen molar-refractivity contribution >= 4 is 72.0 Å². The number of allylic oxidation sites excluding steroid dienone is 3. The maximum absolute atomic E-state index is 11.4. The van der Waals surface area contributed by atoms with Crippen LogP contribution in [0.25, 0.3) is 17.1 Å². The van der Waals surface area contributed by atoms with Gasteiger partial charge in [-0.15, -0.1) is 0 Å². The van der Waals surface area contributed by atoms with Crippen LogP contribution in [0.3, 0.4) is 0 Å². The predicted octanol–water partition coefficient (Wildman–Crippen LogP) is 7.01. The van der Waals surface area contributed by atoms with Crippen LogP contribution in [0.2, 0.25) is 10.0 Å². The summed E-state index contributed by atoms with van der Waals surface area (Å²) in [5.41, 5.74) is 5.00. The first-order chi connectivity index (χ1) is 17.4. The fraction of sp³-hybridized carbons (Fsp3) is 0.370. The molecule has 6 nitrogen and oxygen atoms in total. The topological polar surface area (TPSA) is 66.4 Å². The molecule has 1 aliphatic rings. The average Bonchev–Trinajstić information content (AvgIpc) is 3.21. The standard InChI is InChI=1S/C27H30BrCl2N3O3S/c1-5-31-23-16-20(29)21(30)17-24(23)32(6-2)26(31)10-7-9-25-27(3,4)19-15-18(28)11-12-22(19)33(25)13-8-14-37(34,35)36/h7,9-12,15-17H,5-6,8,13-14H2,1-4H3/p+1. The smallest absolute Gasteiger partial charge is 0.282 e. The first kappa shape index (κ1) is 28.2. The van der Waals surface area contributed by atoms with Gasteiger partial charge in [-0.25, -0.2) is 9.13 Å². The first-order valence-corrected chi connectivity index (χ1v) is 15.4. The molecule has 3 aromatic rings. The van der Waals surface area contributed by atoms with Crippen LogP contribution in [0, 0.1) is 0 Å². The summed E-state index contributed by atoms with van der Waals surface area (Å²) in [5, 5.41) is 1.05. The lowest BCUT2D eigenvalue weighted by molar-refractivity contribution is -0.670. The van der Waals surface area contributed by atoms with Gasteiger partial charge in [0, 0.05) is 46.0 Å². The Balaban J connectivity index is 1.78. The molecule has 0 atom stereocenters. The number of hydrogen-bond acceptors (Lipinski definition) is 3. The molecule has 37 heavy (non-hydrogen) atoms. The molecule has 4 rings (SSSR count). The normalized spacial score (nSPS) is 16.4. The molecule has 0 spiro atoms. The lowest BCUT2D eigenvalue weighted by Gasteiger charge is -2.26. The fourth-order valence-corrected chi connectivity index (χ4v) is 6.39. The first-order valence-electron chi connectivity index (χ1n) is 12.2. The highest BCUT2D eigenvalue weighted by molar-refractivity contribution is 9.10. The SMILES string of the molecule is CCn1c(/C=C/C=C2/N(CCCS(=O)(=O)O)c3ccc(Br)cc3C2(C)C)[n+](CC)c2cc(Cl)c(Cl)cc21. The molecule has 0 fully saturated rings. The van der Waals surface area contributed by atoms with Gasteiger partial charge in [-0.1, -0.05) is 59.1 Å². The van der Waals surface area contributed by atoms with Crippen molar-refractivity contribution in [2.45, 2.75) is 52.6 Å². The van der Waals surface area contributed by atoms with Gasteiger partial charge in [-0.3, -0.25) is 4.55 Å². The number of imidazole rings is 1. The van der Waals surface area contributed by atoms with Gasteiger partial charge in [0.05, 0.1) is 28.9 Å². The number of nitrogens with zero attached hydrogens (tertiary/aromatic N) is 3. The van der Waals surface area contributed by atoms with Gasteiger partial charge >= 0.3 is 0 Å². The van der Waals surface area contributed by atoms with Gasteiger partial charge < -0.3 is 4.90 Å². The maximum atomic E-state index is 11.4. The van der Waals surface area contributed by atoms with Crippen LogP contribution < -0.4 is 9.47 Å². The Kier molecular flexibility index (Phi) is 8.17. The van der Waals surface area contributed by atoms with E-state index in [1.165, 1.54) is 0 Å². The minimum atomic E-state index is -4.03. The van der Waals surface area contributed by atoms with Crippen molar-refractivity contribution in [1.29, 1.82) is 0 Å². The Hall–Kier alpha value is -1.84. The number of fused-ring (bicyclic) bond motifs is 2. The molecule has 0 aliphatic carbocycles. The van der Waals surface area contributed by atoms with E-state index in [4.69, 9.17) is 23.2 Å². The number of rotatable bonds is 8. The molecule has 10 heteroatoms. The van der Waals surface area contributed by atoms with Gasteiger partial charge in [0.25, 0.3) is 15.9 Å². The van der Waals surface area contributed by atoms with Crippen LogP contribution in [0.1, 0.15) is 45.5 Å².